The number of carbonyl (C=O) groups excluding carboxylic acids is 2. The van der Waals surface area contributed by atoms with Crippen molar-refractivity contribution in [3.63, 3.8) is 0 Å². The number of fused-ring (bicyclic) bond motifs is 2. The van der Waals surface area contributed by atoms with Crippen molar-refractivity contribution in [3.8, 4) is 5.75 Å². The number of thioether (sulfide) groups is 1. The Kier molecular flexibility index (Phi) is 5.40. The van der Waals surface area contributed by atoms with Crippen molar-refractivity contribution in [2.24, 2.45) is 0 Å². The Balaban J connectivity index is 1.58. The average Bonchev–Trinajstić information content (AvgIpc) is 2.75. The van der Waals surface area contributed by atoms with Crippen molar-refractivity contribution in [2.75, 3.05) is 29.6 Å². The Hall–Kier alpha value is -3.06. The third-order valence-corrected chi connectivity index (χ3v) is 5.87. The standard InChI is InChI=1S/C22H21N3O3S/c1-3-14-10-15-8-9-16(28-2)11-18(15)24-22(14)29-13-21(27)25-12-20(26)23-17-6-4-5-7-19(17)25/h4-11H,3,12-13H2,1-2H3,(H,23,26). The highest BCUT2D eigenvalue weighted by molar-refractivity contribution is 8.00. The number of rotatable bonds is 5. The zero-order valence-corrected chi connectivity index (χ0v) is 17.1. The summed E-state index contributed by atoms with van der Waals surface area (Å²) in [6, 6.07) is 15.2. The summed E-state index contributed by atoms with van der Waals surface area (Å²) in [7, 11) is 1.63. The molecule has 0 aliphatic carbocycles. The number of carbonyl (C=O) groups is 2. The van der Waals surface area contributed by atoms with E-state index in [0.29, 0.717) is 5.69 Å². The number of hydrogen-bond acceptors (Lipinski definition) is 5. The number of aryl methyl sites for hydroxylation is 1. The van der Waals surface area contributed by atoms with Crippen LogP contribution in [0.3, 0.4) is 0 Å². The zero-order chi connectivity index (χ0) is 20.4. The van der Waals surface area contributed by atoms with Crippen molar-refractivity contribution in [1.29, 1.82) is 0 Å². The molecular weight excluding hydrogens is 386 g/mol. The predicted octanol–water partition coefficient (Wildman–Crippen LogP) is 3.88. The van der Waals surface area contributed by atoms with E-state index in [9.17, 15) is 9.59 Å². The summed E-state index contributed by atoms with van der Waals surface area (Å²) in [5.74, 6) is 0.646. The van der Waals surface area contributed by atoms with E-state index in [1.165, 1.54) is 16.7 Å². The largest absolute Gasteiger partial charge is 0.497 e. The third kappa shape index (κ3) is 3.91. The lowest BCUT2D eigenvalue weighted by Gasteiger charge is -2.29. The normalized spacial score (nSPS) is 13.2. The molecule has 7 heteroatoms. The fraction of sp³-hybridized carbons (Fsp3) is 0.227. The molecule has 1 aliphatic rings. The first-order valence-corrected chi connectivity index (χ1v) is 10.4. The van der Waals surface area contributed by atoms with Gasteiger partial charge in [0, 0.05) is 11.5 Å². The van der Waals surface area contributed by atoms with Crippen LogP contribution in [0.2, 0.25) is 0 Å². The molecular formula is C22H21N3O3S. The number of aromatic nitrogens is 1. The number of hydrogen-bond donors (Lipinski definition) is 1. The lowest BCUT2D eigenvalue weighted by molar-refractivity contribution is -0.120. The molecule has 1 aliphatic heterocycles. The van der Waals surface area contributed by atoms with E-state index in [2.05, 4.69) is 18.3 Å². The number of benzene rings is 2. The maximum Gasteiger partial charge on any atom is 0.244 e. The molecule has 0 saturated heterocycles. The van der Waals surface area contributed by atoms with Gasteiger partial charge in [-0.3, -0.25) is 9.59 Å². The van der Waals surface area contributed by atoms with E-state index in [0.717, 1.165) is 39.4 Å². The molecule has 0 saturated carbocycles. The molecule has 0 spiro atoms. The van der Waals surface area contributed by atoms with E-state index < -0.39 is 0 Å². The first-order chi connectivity index (χ1) is 14.1. The van der Waals surface area contributed by atoms with Crippen molar-refractivity contribution < 1.29 is 14.3 Å². The zero-order valence-electron chi connectivity index (χ0n) is 16.3. The first kappa shape index (κ1) is 19.3. The number of methoxy groups -OCH3 is 1. The summed E-state index contributed by atoms with van der Waals surface area (Å²) in [5, 5.41) is 4.68. The highest BCUT2D eigenvalue weighted by Gasteiger charge is 2.26. The maximum atomic E-state index is 12.9. The molecule has 29 heavy (non-hydrogen) atoms. The second kappa shape index (κ2) is 8.13. The number of pyridine rings is 1. The lowest BCUT2D eigenvalue weighted by Crippen LogP contribution is -2.43. The van der Waals surface area contributed by atoms with Gasteiger partial charge in [0.05, 0.1) is 29.8 Å². The summed E-state index contributed by atoms with van der Waals surface area (Å²) >= 11 is 1.40. The van der Waals surface area contributed by atoms with Crippen LogP contribution in [0.25, 0.3) is 10.9 Å². The van der Waals surface area contributed by atoms with Gasteiger partial charge in [-0.05, 0) is 42.3 Å². The molecule has 3 aromatic rings. The van der Waals surface area contributed by atoms with Gasteiger partial charge in [-0.25, -0.2) is 4.98 Å². The quantitative estimate of drug-likeness (QED) is 0.650. The van der Waals surface area contributed by atoms with Crippen LogP contribution in [0.5, 0.6) is 5.75 Å². The summed E-state index contributed by atoms with van der Waals surface area (Å²) in [4.78, 5) is 31.2. The van der Waals surface area contributed by atoms with Gasteiger partial charge in [0.2, 0.25) is 11.8 Å². The van der Waals surface area contributed by atoms with Crippen molar-refractivity contribution in [3.05, 3.63) is 54.1 Å². The molecule has 4 rings (SSSR count). The highest BCUT2D eigenvalue weighted by atomic mass is 32.2. The van der Waals surface area contributed by atoms with Crippen LogP contribution in [0.4, 0.5) is 11.4 Å². The van der Waals surface area contributed by atoms with Crippen LogP contribution in [0.1, 0.15) is 12.5 Å². The van der Waals surface area contributed by atoms with Crippen molar-refractivity contribution >= 4 is 45.9 Å². The second-order valence-electron chi connectivity index (χ2n) is 6.70. The van der Waals surface area contributed by atoms with Crippen LogP contribution in [-0.4, -0.2) is 36.2 Å². The van der Waals surface area contributed by atoms with Crippen LogP contribution in [-0.2, 0) is 16.0 Å². The molecule has 6 nitrogen and oxygen atoms in total. The van der Waals surface area contributed by atoms with Gasteiger partial charge >= 0.3 is 0 Å². The smallest absolute Gasteiger partial charge is 0.244 e. The fourth-order valence-corrected chi connectivity index (χ4v) is 4.31. The van der Waals surface area contributed by atoms with Crippen LogP contribution in [0, 0.1) is 0 Å². The summed E-state index contributed by atoms with van der Waals surface area (Å²) in [6.07, 6.45) is 0.820. The van der Waals surface area contributed by atoms with E-state index in [1.807, 2.05) is 36.4 Å². The van der Waals surface area contributed by atoms with E-state index in [4.69, 9.17) is 9.72 Å². The van der Waals surface area contributed by atoms with E-state index in [1.54, 1.807) is 13.2 Å². The molecule has 148 valence electrons. The van der Waals surface area contributed by atoms with Gasteiger partial charge in [0.15, 0.2) is 0 Å². The van der Waals surface area contributed by atoms with Crippen LogP contribution in [0.15, 0.2) is 53.6 Å². The number of nitrogens with one attached hydrogen (secondary N) is 1. The molecule has 0 fully saturated rings. The minimum absolute atomic E-state index is 0.0272. The summed E-state index contributed by atoms with van der Waals surface area (Å²) in [5.41, 5.74) is 3.31. The molecule has 2 amide bonds. The minimum atomic E-state index is -0.188. The average molecular weight is 407 g/mol. The van der Waals surface area contributed by atoms with Gasteiger partial charge in [-0.2, -0.15) is 0 Å². The van der Waals surface area contributed by atoms with Crippen molar-refractivity contribution in [2.45, 2.75) is 18.4 Å². The molecule has 1 N–H and O–H groups in total. The Labute approximate surface area is 173 Å². The predicted molar refractivity (Wildman–Crippen MR) is 116 cm³/mol. The SMILES string of the molecule is CCc1cc2ccc(OC)cc2nc1SCC(=O)N1CC(=O)Nc2ccccc21. The third-order valence-electron chi connectivity index (χ3n) is 4.85. The monoisotopic (exact) mass is 407 g/mol. The van der Waals surface area contributed by atoms with Gasteiger partial charge in [0.25, 0.3) is 0 Å². The number of anilines is 2. The van der Waals surface area contributed by atoms with E-state index >= 15 is 0 Å². The van der Waals surface area contributed by atoms with Crippen molar-refractivity contribution in [1.82, 2.24) is 4.98 Å². The van der Waals surface area contributed by atoms with Gasteiger partial charge in [0.1, 0.15) is 17.3 Å². The molecule has 2 aromatic carbocycles. The minimum Gasteiger partial charge on any atom is -0.497 e. The Morgan fingerprint density at radius 2 is 2.07 bits per heavy atom. The number of ether oxygens (including phenoxy) is 1. The molecule has 0 atom stereocenters. The fourth-order valence-electron chi connectivity index (χ4n) is 3.34. The molecule has 2 heterocycles. The van der Waals surface area contributed by atoms with Crippen LogP contribution < -0.4 is 15.0 Å². The van der Waals surface area contributed by atoms with E-state index in [-0.39, 0.29) is 24.1 Å². The lowest BCUT2D eigenvalue weighted by atomic mass is 10.1. The number of para-hydroxylation sites is 2. The Morgan fingerprint density at radius 1 is 1.24 bits per heavy atom. The Bertz CT molecular complexity index is 1100. The summed E-state index contributed by atoms with van der Waals surface area (Å²) in [6.45, 7) is 2.10. The topological polar surface area (TPSA) is 71.5 Å². The first-order valence-electron chi connectivity index (χ1n) is 9.38. The maximum absolute atomic E-state index is 12.9. The van der Waals surface area contributed by atoms with Crippen LogP contribution >= 0.6 is 11.8 Å². The Morgan fingerprint density at radius 3 is 2.86 bits per heavy atom. The highest BCUT2D eigenvalue weighted by Crippen LogP contribution is 2.31. The van der Waals surface area contributed by atoms with Gasteiger partial charge < -0.3 is 15.0 Å². The molecule has 1 aromatic heterocycles. The molecule has 0 radical (unpaired) electrons. The second-order valence-corrected chi connectivity index (χ2v) is 7.66. The number of amides is 2. The molecule has 0 bridgehead atoms. The molecule has 0 unspecified atom stereocenters. The van der Waals surface area contributed by atoms with Gasteiger partial charge in [-0.1, -0.05) is 30.8 Å². The number of nitrogens with zero attached hydrogens (tertiary/aromatic N) is 2. The van der Waals surface area contributed by atoms with Gasteiger partial charge in [-0.15, -0.1) is 0 Å². The summed E-state index contributed by atoms with van der Waals surface area (Å²) < 4.78 is 5.29.